The molecule has 0 aliphatic heterocycles. The monoisotopic (exact) mass is 409 g/mol. The van der Waals surface area contributed by atoms with Crippen LogP contribution >= 0.6 is 23.2 Å². The molecule has 0 saturated carbocycles. The number of rotatable bonds is 3. The Kier molecular flexibility index (Phi) is 5.13. The molecule has 0 aliphatic carbocycles. The summed E-state index contributed by atoms with van der Waals surface area (Å²) >= 11 is 11.9. The molecule has 2 aromatic carbocycles. The predicted molar refractivity (Wildman–Crippen MR) is 100 cm³/mol. The standard InChI is InChI=1S/C19H14Cl2FNO4/c1-9-11(8-16(25)27-2)17-14(5-6-15(24)18(17)22)23(9)19(26)10-3-4-12(20)13(21)7-10/h3-7,24H,8H2,1-2H3. The lowest BCUT2D eigenvalue weighted by atomic mass is 10.1. The summed E-state index contributed by atoms with van der Waals surface area (Å²) < 4.78 is 20.6. The van der Waals surface area contributed by atoms with Crippen molar-refractivity contribution in [2.45, 2.75) is 13.3 Å². The van der Waals surface area contributed by atoms with E-state index in [-0.39, 0.29) is 33.5 Å². The molecule has 3 rings (SSSR count). The maximum atomic E-state index is 14.6. The molecule has 8 heteroatoms. The smallest absolute Gasteiger partial charge is 0.310 e. The number of fused-ring (bicyclic) bond motifs is 1. The van der Waals surface area contributed by atoms with Crippen molar-refractivity contribution >= 4 is 46.0 Å². The van der Waals surface area contributed by atoms with Crippen molar-refractivity contribution in [3.63, 3.8) is 0 Å². The first-order valence-corrected chi connectivity index (χ1v) is 8.59. The Hall–Kier alpha value is -2.57. The highest BCUT2D eigenvalue weighted by Gasteiger charge is 2.25. The van der Waals surface area contributed by atoms with E-state index in [0.717, 1.165) is 6.07 Å². The fourth-order valence-corrected chi connectivity index (χ4v) is 3.28. The first-order valence-electron chi connectivity index (χ1n) is 7.84. The van der Waals surface area contributed by atoms with Crippen molar-refractivity contribution in [1.29, 1.82) is 0 Å². The molecule has 0 amide bonds. The highest BCUT2D eigenvalue weighted by molar-refractivity contribution is 6.42. The molecule has 1 N–H and O–H groups in total. The topological polar surface area (TPSA) is 68.5 Å². The van der Waals surface area contributed by atoms with E-state index in [1.807, 2.05) is 0 Å². The summed E-state index contributed by atoms with van der Waals surface area (Å²) in [6.07, 6.45) is -0.249. The van der Waals surface area contributed by atoms with E-state index in [9.17, 15) is 19.1 Å². The van der Waals surface area contributed by atoms with E-state index < -0.39 is 23.4 Å². The molecule has 0 aliphatic rings. The number of aromatic hydroxyl groups is 1. The number of ether oxygens (including phenoxy) is 1. The van der Waals surface area contributed by atoms with E-state index in [1.54, 1.807) is 6.92 Å². The van der Waals surface area contributed by atoms with Crippen molar-refractivity contribution < 1.29 is 23.8 Å². The van der Waals surface area contributed by atoms with Gasteiger partial charge in [0.2, 0.25) is 0 Å². The minimum atomic E-state index is -0.907. The van der Waals surface area contributed by atoms with Crippen molar-refractivity contribution in [1.82, 2.24) is 4.57 Å². The van der Waals surface area contributed by atoms with Gasteiger partial charge in [0, 0.05) is 16.6 Å². The van der Waals surface area contributed by atoms with E-state index in [4.69, 9.17) is 23.2 Å². The van der Waals surface area contributed by atoms with Crippen molar-refractivity contribution in [3.05, 3.63) is 63.0 Å². The van der Waals surface area contributed by atoms with Gasteiger partial charge in [-0.2, -0.15) is 0 Å². The number of hydrogen-bond acceptors (Lipinski definition) is 4. The second-order valence-electron chi connectivity index (χ2n) is 5.88. The molecule has 0 atom stereocenters. The van der Waals surface area contributed by atoms with Gasteiger partial charge in [0.25, 0.3) is 5.91 Å². The Labute approximate surface area is 163 Å². The van der Waals surface area contributed by atoms with Gasteiger partial charge >= 0.3 is 5.97 Å². The van der Waals surface area contributed by atoms with Crippen LogP contribution in [0.4, 0.5) is 4.39 Å². The van der Waals surface area contributed by atoms with Gasteiger partial charge in [-0.1, -0.05) is 23.2 Å². The fraction of sp³-hybridized carbons (Fsp3) is 0.158. The third-order valence-electron chi connectivity index (χ3n) is 4.33. The normalized spacial score (nSPS) is 11.0. The van der Waals surface area contributed by atoms with Crippen LogP contribution in [-0.4, -0.2) is 28.7 Å². The molecule has 0 spiro atoms. The number of nitrogens with zero attached hydrogens (tertiary/aromatic N) is 1. The van der Waals surface area contributed by atoms with Gasteiger partial charge in [-0.15, -0.1) is 0 Å². The van der Waals surface area contributed by atoms with E-state index in [0.29, 0.717) is 10.7 Å². The second kappa shape index (κ2) is 7.21. The lowest BCUT2D eigenvalue weighted by Gasteiger charge is -2.08. The van der Waals surface area contributed by atoms with Gasteiger partial charge < -0.3 is 9.84 Å². The fourth-order valence-electron chi connectivity index (χ4n) is 2.98. The van der Waals surface area contributed by atoms with E-state index in [1.165, 1.54) is 35.9 Å². The zero-order valence-corrected chi connectivity index (χ0v) is 15.9. The first kappa shape index (κ1) is 19.2. The lowest BCUT2D eigenvalue weighted by Crippen LogP contribution is -2.14. The summed E-state index contributed by atoms with van der Waals surface area (Å²) in [5.74, 6) is -2.55. The van der Waals surface area contributed by atoms with Gasteiger partial charge in [0.05, 0.1) is 29.1 Å². The number of carbonyl (C=O) groups is 2. The molecule has 0 fully saturated rings. The molecule has 1 aromatic heterocycles. The molecule has 27 heavy (non-hydrogen) atoms. The largest absolute Gasteiger partial charge is 0.505 e. The molecule has 0 radical (unpaired) electrons. The zero-order valence-electron chi connectivity index (χ0n) is 14.3. The molecule has 0 bridgehead atoms. The number of phenols is 1. The van der Waals surface area contributed by atoms with Crippen LogP contribution in [0, 0.1) is 12.7 Å². The Morgan fingerprint density at radius 3 is 2.52 bits per heavy atom. The van der Waals surface area contributed by atoms with Crippen LogP contribution < -0.4 is 0 Å². The van der Waals surface area contributed by atoms with Crippen LogP contribution in [0.1, 0.15) is 21.6 Å². The summed E-state index contributed by atoms with van der Waals surface area (Å²) in [4.78, 5) is 24.8. The number of esters is 1. The Bertz CT molecular complexity index is 1090. The summed E-state index contributed by atoms with van der Waals surface area (Å²) in [5, 5.41) is 10.2. The minimum Gasteiger partial charge on any atom is -0.505 e. The molecule has 0 saturated heterocycles. The Morgan fingerprint density at radius 2 is 1.89 bits per heavy atom. The highest BCUT2D eigenvalue weighted by atomic mass is 35.5. The highest BCUT2D eigenvalue weighted by Crippen LogP contribution is 2.34. The summed E-state index contributed by atoms with van der Waals surface area (Å²) in [7, 11) is 1.21. The number of carbonyl (C=O) groups excluding carboxylic acids is 2. The van der Waals surface area contributed by atoms with E-state index >= 15 is 0 Å². The SMILES string of the molecule is COC(=O)Cc1c(C)n(C(=O)c2ccc(Cl)c(Cl)c2)c2ccc(O)c(F)c12. The number of halogens is 3. The van der Waals surface area contributed by atoms with E-state index in [2.05, 4.69) is 4.74 Å². The summed E-state index contributed by atoms with van der Waals surface area (Å²) in [6.45, 7) is 1.59. The first-order chi connectivity index (χ1) is 12.8. The minimum absolute atomic E-state index is 0.00805. The van der Waals surface area contributed by atoms with Crippen molar-refractivity contribution in [3.8, 4) is 5.75 Å². The average Bonchev–Trinajstić information content (AvgIpc) is 2.92. The number of aromatic nitrogens is 1. The van der Waals surface area contributed by atoms with Crippen LogP contribution in [0.25, 0.3) is 10.9 Å². The van der Waals surface area contributed by atoms with Crippen molar-refractivity contribution in [2.24, 2.45) is 0 Å². The third-order valence-corrected chi connectivity index (χ3v) is 5.07. The Morgan fingerprint density at radius 1 is 1.19 bits per heavy atom. The van der Waals surface area contributed by atoms with Gasteiger partial charge in [-0.25, -0.2) is 4.39 Å². The molecule has 3 aromatic rings. The summed E-state index contributed by atoms with van der Waals surface area (Å²) in [6, 6.07) is 6.96. The lowest BCUT2D eigenvalue weighted by molar-refractivity contribution is -0.139. The molecule has 1 heterocycles. The number of hydrogen-bond donors (Lipinski definition) is 1. The summed E-state index contributed by atoms with van der Waals surface area (Å²) in [5.41, 5.74) is 1.08. The van der Waals surface area contributed by atoms with Gasteiger partial charge in [0.15, 0.2) is 11.6 Å². The van der Waals surface area contributed by atoms with Crippen LogP contribution in [0.2, 0.25) is 10.0 Å². The van der Waals surface area contributed by atoms with Gasteiger partial charge in [0.1, 0.15) is 0 Å². The predicted octanol–water partition coefficient (Wildman–Crippen LogP) is 4.51. The Balaban J connectivity index is 2.28. The number of benzene rings is 2. The van der Waals surface area contributed by atoms with Crippen LogP contribution in [0.15, 0.2) is 30.3 Å². The van der Waals surface area contributed by atoms with Crippen molar-refractivity contribution in [2.75, 3.05) is 7.11 Å². The quantitative estimate of drug-likeness (QED) is 0.646. The molecular formula is C19H14Cl2FNO4. The van der Waals surface area contributed by atoms with Gasteiger partial charge in [-0.05, 0) is 42.8 Å². The van der Waals surface area contributed by atoms with Gasteiger partial charge in [-0.3, -0.25) is 14.2 Å². The number of phenolic OH excluding ortho intramolecular Hbond substituents is 1. The molecular weight excluding hydrogens is 396 g/mol. The number of methoxy groups -OCH3 is 1. The van der Waals surface area contributed by atoms with Crippen LogP contribution in [-0.2, 0) is 16.0 Å². The zero-order chi connectivity index (χ0) is 19.9. The molecule has 140 valence electrons. The molecule has 0 unspecified atom stereocenters. The van der Waals surface area contributed by atoms with Crippen LogP contribution in [0.5, 0.6) is 5.75 Å². The maximum absolute atomic E-state index is 14.6. The average molecular weight is 410 g/mol. The molecule has 5 nitrogen and oxygen atoms in total. The van der Waals surface area contributed by atoms with Crippen LogP contribution in [0.3, 0.4) is 0 Å². The maximum Gasteiger partial charge on any atom is 0.310 e. The third kappa shape index (κ3) is 3.26. The second-order valence-corrected chi connectivity index (χ2v) is 6.69.